The number of halogens is 1. The first-order valence-electron chi connectivity index (χ1n) is 6.81. The fourth-order valence-corrected chi connectivity index (χ4v) is 2.09. The van der Waals surface area contributed by atoms with Crippen LogP contribution in [-0.4, -0.2) is 19.1 Å². The third kappa shape index (κ3) is 5.50. The lowest BCUT2D eigenvalue weighted by Crippen LogP contribution is -2.23. The summed E-state index contributed by atoms with van der Waals surface area (Å²) in [5.41, 5.74) is 1.02. The number of carbonyl (C=O) groups excluding carboxylic acids is 1. The minimum atomic E-state index is -0.225. The van der Waals surface area contributed by atoms with Gasteiger partial charge < -0.3 is 10.1 Å². The second kappa shape index (κ2) is 8.63. The molecule has 0 unspecified atom stereocenters. The Labute approximate surface area is 143 Å². The fraction of sp³-hybridized carbons (Fsp3) is 0.111. The van der Waals surface area contributed by atoms with E-state index in [9.17, 15) is 4.79 Å². The quantitative estimate of drug-likeness (QED) is 0.843. The van der Waals surface area contributed by atoms with E-state index in [1.165, 1.54) is 0 Å². The van der Waals surface area contributed by atoms with Gasteiger partial charge in [0.15, 0.2) is 0 Å². The molecule has 0 bridgehead atoms. The van der Waals surface area contributed by atoms with Crippen LogP contribution in [0.5, 0.6) is 5.75 Å². The molecule has 114 valence electrons. The summed E-state index contributed by atoms with van der Waals surface area (Å²) < 4.78 is 6.40. The van der Waals surface area contributed by atoms with Gasteiger partial charge in [-0.15, -0.1) is 0 Å². The molecule has 4 nitrogen and oxygen atoms in total. The molecule has 5 heteroatoms. The Balaban J connectivity index is 1.74. The molecule has 0 aromatic heterocycles. The maximum absolute atomic E-state index is 11.8. The zero-order valence-corrected chi connectivity index (χ0v) is 13.8. The average molecular weight is 369 g/mol. The van der Waals surface area contributed by atoms with Crippen molar-refractivity contribution in [3.8, 4) is 23.7 Å². The Morgan fingerprint density at radius 1 is 1.17 bits per heavy atom. The Morgan fingerprint density at radius 3 is 2.65 bits per heavy atom. The molecule has 2 rings (SSSR count). The first-order valence-corrected chi connectivity index (χ1v) is 7.61. The summed E-state index contributed by atoms with van der Waals surface area (Å²) in [5.74, 6) is 6.16. The largest absolute Gasteiger partial charge is 0.481 e. The van der Waals surface area contributed by atoms with Gasteiger partial charge in [-0.1, -0.05) is 33.8 Å². The number of rotatable bonds is 4. The van der Waals surface area contributed by atoms with Crippen LogP contribution in [0.2, 0.25) is 0 Å². The standard InChI is InChI=1S/C18H13BrN2O2/c19-16-4-3-5-17(12-16)23-11-2-1-10-21-18(22)15-8-6-14(13-20)7-9-15/h3-9,12H,10-11H2,(H,21,22). The Bertz CT molecular complexity index is 783. The van der Waals surface area contributed by atoms with E-state index in [4.69, 9.17) is 10.00 Å². The highest BCUT2D eigenvalue weighted by atomic mass is 79.9. The monoisotopic (exact) mass is 368 g/mol. The van der Waals surface area contributed by atoms with Crippen LogP contribution in [0.3, 0.4) is 0 Å². The first-order chi connectivity index (χ1) is 11.2. The Kier molecular flexibility index (Phi) is 6.23. The molecule has 0 aliphatic heterocycles. The van der Waals surface area contributed by atoms with Gasteiger partial charge in [-0.2, -0.15) is 5.26 Å². The van der Waals surface area contributed by atoms with Crippen molar-refractivity contribution in [1.82, 2.24) is 5.32 Å². The maximum atomic E-state index is 11.8. The van der Waals surface area contributed by atoms with Gasteiger partial charge in [0.25, 0.3) is 5.91 Å². The molecule has 23 heavy (non-hydrogen) atoms. The van der Waals surface area contributed by atoms with Gasteiger partial charge in [-0.25, -0.2) is 0 Å². The van der Waals surface area contributed by atoms with Crippen LogP contribution in [0.1, 0.15) is 15.9 Å². The van der Waals surface area contributed by atoms with Crippen LogP contribution in [0, 0.1) is 23.2 Å². The van der Waals surface area contributed by atoms with E-state index in [0.29, 0.717) is 11.1 Å². The van der Waals surface area contributed by atoms with Gasteiger partial charge in [0.05, 0.1) is 18.2 Å². The summed E-state index contributed by atoms with van der Waals surface area (Å²) in [6.07, 6.45) is 0. The number of benzene rings is 2. The number of hydrogen-bond donors (Lipinski definition) is 1. The van der Waals surface area contributed by atoms with Crippen LogP contribution in [0.15, 0.2) is 53.0 Å². The summed E-state index contributed by atoms with van der Waals surface area (Å²) in [7, 11) is 0. The zero-order valence-electron chi connectivity index (χ0n) is 12.2. The van der Waals surface area contributed by atoms with Crippen molar-refractivity contribution in [3.05, 3.63) is 64.1 Å². The number of ether oxygens (including phenoxy) is 1. The van der Waals surface area contributed by atoms with E-state index >= 15 is 0 Å². The number of nitrogens with zero attached hydrogens (tertiary/aromatic N) is 1. The summed E-state index contributed by atoms with van der Waals surface area (Å²) in [4.78, 5) is 11.8. The van der Waals surface area contributed by atoms with E-state index < -0.39 is 0 Å². The maximum Gasteiger partial charge on any atom is 0.252 e. The van der Waals surface area contributed by atoms with E-state index in [2.05, 4.69) is 33.1 Å². The van der Waals surface area contributed by atoms with Crippen molar-refractivity contribution in [2.24, 2.45) is 0 Å². The highest BCUT2D eigenvalue weighted by Crippen LogP contribution is 2.17. The lowest BCUT2D eigenvalue weighted by atomic mass is 10.1. The van der Waals surface area contributed by atoms with Crippen molar-refractivity contribution in [2.45, 2.75) is 0 Å². The molecular formula is C18H13BrN2O2. The summed E-state index contributed by atoms with van der Waals surface area (Å²) in [5, 5.41) is 11.4. The van der Waals surface area contributed by atoms with Gasteiger partial charge in [0.2, 0.25) is 0 Å². The van der Waals surface area contributed by atoms with Crippen LogP contribution < -0.4 is 10.1 Å². The van der Waals surface area contributed by atoms with Crippen LogP contribution in [0.4, 0.5) is 0 Å². The molecule has 2 aromatic rings. The first kappa shape index (κ1) is 16.6. The van der Waals surface area contributed by atoms with E-state index in [1.807, 2.05) is 30.3 Å². The number of nitriles is 1. The average Bonchev–Trinajstić information content (AvgIpc) is 2.58. The zero-order chi connectivity index (χ0) is 16.5. The summed E-state index contributed by atoms with van der Waals surface area (Å²) in [6.45, 7) is 0.490. The molecule has 2 aromatic carbocycles. The van der Waals surface area contributed by atoms with Crippen molar-refractivity contribution in [2.75, 3.05) is 13.2 Å². The van der Waals surface area contributed by atoms with Crippen LogP contribution in [-0.2, 0) is 0 Å². The van der Waals surface area contributed by atoms with Crippen molar-refractivity contribution in [1.29, 1.82) is 5.26 Å². The molecular weight excluding hydrogens is 356 g/mol. The molecule has 0 saturated heterocycles. The van der Waals surface area contributed by atoms with E-state index in [0.717, 1.165) is 10.2 Å². The van der Waals surface area contributed by atoms with Gasteiger partial charge in [0.1, 0.15) is 12.4 Å². The topological polar surface area (TPSA) is 62.1 Å². The van der Waals surface area contributed by atoms with Crippen molar-refractivity contribution in [3.63, 3.8) is 0 Å². The second-order valence-electron chi connectivity index (χ2n) is 4.47. The molecule has 0 spiro atoms. The van der Waals surface area contributed by atoms with E-state index in [1.54, 1.807) is 24.3 Å². The minimum absolute atomic E-state index is 0.225. The molecule has 0 fully saturated rings. The normalized spacial score (nSPS) is 9.22. The molecule has 1 N–H and O–H groups in total. The third-order valence-corrected chi connectivity index (χ3v) is 3.34. The molecule has 0 radical (unpaired) electrons. The molecule has 0 atom stereocenters. The number of nitrogens with one attached hydrogen (secondary N) is 1. The summed E-state index contributed by atoms with van der Waals surface area (Å²) in [6, 6.07) is 15.9. The lowest BCUT2D eigenvalue weighted by molar-refractivity contribution is 0.0958. The van der Waals surface area contributed by atoms with Crippen molar-refractivity contribution >= 4 is 21.8 Å². The predicted molar refractivity (Wildman–Crippen MR) is 90.9 cm³/mol. The number of amides is 1. The molecule has 0 heterocycles. The van der Waals surface area contributed by atoms with Gasteiger partial charge in [-0.3, -0.25) is 4.79 Å². The smallest absolute Gasteiger partial charge is 0.252 e. The molecule has 1 amide bonds. The van der Waals surface area contributed by atoms with Crippen LogP contribution in [0.25, 0.3) is 0 Å². The Hall–Kier alpha value is -2.76. The number of hydrogen-bond acceptors (Lipinski definition) is 3. The predicted octanol–water partition coefficient (Wildman–Crippen LogP) is 3.13. The highest BCUT2D eigenvalue weighted by molar-refractivity contribution is 9.10. The van der Waals surface area contributed by atoms with E-state index in [-0.39, 0.29) is 19.1 Å². The second-order valence-corrected chi connectivity index (χ2v) is 5.39. The molecule has 0 aliphatic carbocycles. The van der Waals surface area contributed by atoms with Crippen molar-refractivity contribution < 1.29 is 9.53 Å². The van der Waals surface area contributed by atoms with Gasteiger partial charge >= 0.3 is 0 Å². The van der Waals surface area contributed by atoms with Gasteiger partial charge in [0, 0.05) is 10.0 Å². The fourth-order valence-electron chi connectivity index (χ4n) is 1.71. The summed E-state index contributed by atoms with van der Waals surface area (Å²) >= 11 is 3.36. The molecule has 0 saturated carbocycles. The van der Waals surface area contributed by atoms with Crippen LogP contribution >= 0.6 is 15.9 Å². The third-order valence-electron chi connectivity index (χ3n) is 2.85. The number of carbonyl (C=O) groups is 1. The highest BCUT2D eigenvalue weighted by Gasteiger charge is 2.03. The van der Waals surface area contributed by atoms with Gasteiger partial charge in [-0.05, 0) is 42.5 Å². The SMILES string of the molecule is N#Cc1ccc(C(=O)NCC#CCOc2cccc(Br)c2)cc1. The Morgan fingerprint density at radius 2 is 1.96 bits per heavy atom. The lowest BCUT2D eigenvalue weighted by Gasteiger charge is -2.02. The minimum Gasteiger partial charge on any atom is -0.481 e. The molecule has 0 aliphatic rings.